The van der Waals surface area contributed by atoms with Gasteiger partial charge in [-0.1, -0.05) is 12.1 Å². The Hall–Kier alpha value is -2.21. The molecular formula is C17H23N5O. The molecule has 1 aliphatic rings. The number of hydrogen-bond donors (Lipinski definition) is 2. The highest BCUT2D eigenvalue weighted by Crippen LogP contribution is 2.15. The summed E-state index contributed by atoms with van der Waals surface area (Å²) in [5.41, 5.74) is 7.25. The van der Waals surface area contributed by atoms with Crippen molar-refractivity contribution in [3.05, 3.63) is 47.0 Å². The quantitative estimate of drug-likeness (QED) is 0.790. The molecule has 3 rings (SSSR count). The van der Waals surface area contributed by atoms with Crippen LogP contribution in [0.3, 0.4) is 0 Å². The fourth-order valence-corrected chi connectivity index (χ4v) is 2.90. The van der Waals surface area contributed by atoms with Gasteiger partial charge in [0.25, 0.3) is 5.91 Å². The molecule has 2 aromatic rings. The van der Waals surface area contributed by atoms with Crippen LogP contribution in [0, 0.1) is 0 Å². The average molecular weight is 313 g/mol. The van der Waals surface area contributed by atoms with E-state index in [9.17, 15) is 4.79 Å². The van der Waals surface area contributed by atoms with Gasteiger partial charge in [-0.15, -0.1) is 10.2 Å². The minimum Gasteiger partial charge on any atom is -0.352 e. The van der Waals surface area contributed by atoms with Crippen LogP contribution in [0.1, 0.15) is 46.8 Å². The van der Waals surface area contributed by atoms with Crippen molar-refractivity contribution in [2.24, 2.45) is 5.73 Å². The SMILES string of the molecule is NCc1ccc(C(=O)NCCCc2nnc3n2CCCC3)cc1. The third-order valence-electron chi connectivity index (χ3n) is 4.25. The van der Waals surface area contributed by atoms with Crippen LogP contribution in [-0.2, 0) is 25.9 Å². The van der Waals surface area contributed by atoms with E-state index in [2.05, 4.69) is 20.1 Å². The maximum atomic E-state index is 12.1. The minimum atomic E-state index is -0.0446. The van der Waals surface area contributed by atoms with Gasteiger partial charge in [0.15, 0.2) is 0 Å². The maximum Gasteiger partial charge on any atom is 0.251 e. The van der Waals surface area contributed by atoms with Gasteiger partial charge in [0.05, 0.1) is 0 Å². The second-order valence-electron chi connectivity index (χ2n) is 5.90. The number of nitrogens with two attached hydrogens (primary N) is 1. The third kappa shape index (κ3) is 3.76. The number of carbonyl (C=O) groups excluding carboxylic acids is 1. The number of amides is 1. The lowest BCUT2D eigenvalue weighted by atomic mass is 10.1. The van der Waals surface area contributed by atoms with Crippen LogP contribution >= 0.6 is 0 Å². The van der Waals surface area contributed by atoms with E-state index in [0.717, 1.165) is 43.0 Å². The lowest BCUT2D eigenvalue weighted by Gasteiger charge is -2.14. The highest BCUT2D eigenvalue weighted by molar-refractivity contribution is 5.94. The average Bonchev–Trinajstić information content (AvgIpc) is 3.02. The Balaban J connectivity index is 1.46. The van der Waals surface area contributed by atoms with E-state index in [1.807, 2.05) is 24.3 Å². The summed E-state index contributed by atoms with van der Waals surface area (Å²) in [5, 5.41) is 11.5. The molecular weight excluding hydrogens is 290 g/mol. The molecule has 0 spiro atoms. The van der Waals surface area contributed by atoms with Gasteiger partial charge in [0, 0.05) is 38.0 Å². The number of benzene rings is 1. The molecule has 122 valence electrons. The summed E-state index contributed by atoms with van der Waals surface area (Å²) in [6.45, 7) is 2.15. The predicted molar refractivity (Wildman–Crippen MR) is 87.9 cm³/mol. The Bertz CT molecular complexity index is 662. The number of hydrogen-bond acceptors (Lipinski definition) is 4. The molecule has 0 aliphatic carbocycles. The molecule has 2 heterocycles. The molecule has 0 atom stereocenters. The molecule has 0 bridgehead atoms. The first-order chi connectivity index (χ1) is 11.3. The van der Waals surface area contributed by atoms with Crippen molar-refractivity contribution >= 4 is 5.91 Å². The largest absolute Gasteiger partial charge is 0.352 e. The first kappa shape index (κ1) is 15.7. The van der Waals surface area contributed by atoms with Gasteiger partial charge in [-0.05, 0) is 37.0 Å². The standard InChI is InChI=1S/C17H23N5O/c18-12-13-6-8-14(9-7-13)17(23)19-10-3-5-16-21-20-15-4-1-2-11-22(15)16/h6-9H,1-5,10-12,18H2,(H,19,23). The van der Waals surface area contributed by atoms with Gasteiger partial charge >= 0.3 is 0 Å². The van der Waals surface area contributed by atoms with Crippen LogP contribution in [0.15, 0.2) is 24.3 Å². The molecule has 1 aliphatic heterocycles. The van der Waals surface area contributed by atoms with Crippen molar-refractivity contribution < 1.29 is 4.79 Å². The van der Waals surface area contributed by atoms with Gasteiger partial charge in [0.2, 0.25) is 0 Å². The van der Waals surface area contributed by atoms with E-state index < -0.39 is 0 Å². The van der Waals surface area contributed by atoms with Crippen LogP contribution in [0.25, 0.3) is 0 Å². The second-order valence-corrected chi connectivity index (χ2v) is 5.90. The molecule has 0 unspecified atom stereocenters. The number of carbonyl (C=O) groups is 1. The second kappa shape index (κ2) is 7.37. The van der Waals surface area contributed by atoms with Crippen LogP contribution < -0.4 is 11.1 Å². The van der Waals surface area contributed by atoms with Gasteiger partial charge < -0.3 is 15.6 Å². The molecule has 6 heteroatoms. The zero-order chi connectivity index (χ0) is 16.1. The Labute approximate surface area is 136 Å². The van der Waals surface area contributed by atoms with Crippen LogP contribution in [0.5, 0.6) is 0 Å². The summed E-state index contributed by atoms with van der Waals surface area (Å²) >= 11 is 0. The molecule has 0 saturated heterocycles. The van der Waals surface area contributed by atoms with Crippen molar-refractivity contribution in [3.8, 4) is 0 Å². The molecule has 0 saturated carbocycles. The maximum absolute atomic E-state index is 12.1. The summed E-state index contributed by atoms with van der Waals surface area (Å²) in [7, 11) is 0. The first-order valence-electron chi connectivity index (χ1n) is 8.26. The number of nitrogens with one attached hydrogen (secondary N) is 1. The zero-order valence-corrected chi connectivity index (χ0v) is 13.3. The lowest BCUT2D eigenvalue weighted by molar-refractivity contribution is 0.0953. The third-order valence-corrected chi connectivity index (χ3v) is 4.25. The van der Waals surface area contributed by atoms with Crippen molar-refractivity contribution in [2.75, 3.05) is 6.54 Å². The smallest absolute Gasteiger partial charge is 0.251 e. The van der Waals surface area contributed by atoms with Crippen LogP contribution in [0.2, 0.25) is 0 Å². The van der Waals surface area contributed by atoms with Crippen LogP contribution in [0.4, 0.5) is 0 Å². The fraction of sp³-hybridized carbons (Fsp3) is 0.471. The van der Waals surface area contributed by atoms with Crippen molar-refractivity contribution in [2.45, 2.75) is 45.2 Å². The van der Waals surface area contributed by atoms with Gasteiger partial charge in [-0.3, -0.25) is 4.79 Å². The number of aryl methyl sites for hydroxylation is 2. The number of rotatable bonds is 6. The van der Waals surface area contributed by atoms with E-state index in [0.29, 0.717) is 18.7 Å². The number of nitrogens with zero attached hydrogens (tertiary/aromatic N) is 3. The monoisotopic (exact) mass is 313 g/mol. The van der Waals surface area contributed by atoms with Gasteiger partial charge in [-0.2, -0.15) is 0 Å². The van der Waals surface area contributed by atoms with E-state index in [1.54, 1.807) is 0 Å². The van der Waals surface area contributed by atoms with E-state index in [-0.39, 0.29) is 5.91 Å². The molecule has 3 N–H and O–H groups in total. The van der Waals surface area contributed by atoms with Gasteiger partial charge in [0.1, 0.15) is 11.6 Å². The molecule has 1 aromatic carbocycles. The normalized spacial score (nSPS) is 13.6. The molecule has 1 amide bonds. The Kier molecular flexibility index (Phi) is 5.02. The molecule has 23 heavy (non-hydrogen) atoms. The summed E-state index contributed by atoms with van der Waals surface area (Å²) in [6.07, 6.45) is 5.15. The van der Waals surface area contributed by atoms with Gasteiger partial charge in [-0.25, -0.2) is 0 Å². The Morgan fingerprint density at radius 1 is 1.22 bits per heavy atom. The van der Waals surface area contributed by atoms with E-state index in [4.69, 9.17) is 5.73 Å². The minimum absolute atomic E-state index is 0.0446. The number of fused-ring (bicyclic) bond motifs is 1. The zero-order valence-electron chi connectivity index (χ0n) is 13.3. The van der Waals surface area contributed by atoms with E-state index >= 15 is 0 Å². The molecule has 1 aromatic heterocycles. The molecule has 0 fully saturated rings. The highest BCUT2D eigenvalue weighted by Gasteiger charge is 2.15. The summed E-state index contributed by atoms with van der Waals surface area (Å²) in [5.74, 6) is 2.10. The van der Waals surface area contributed by atoms with Crippen LogP contribution in [-0.4, -0.2) is 27.2 Å². The summed E-state index contributed by atoms with van der Waals surface area (Å²) < 4.78 is 2.23. The summed E-state index contributed by atoms with van der Waals surface area (Å²) in [4.78, 5) is 12.1. The molecule has 6 nitrogen and oxygen atoms in total. The number of aromatic nitrogens is 3. The Morgan fingerprint density at radius 3 is 2.83 bits per heavy atom. The first-order valence-corrected chi connectivity index (χ1v) is 8.26. The topological polar surface area (TPSA) is 85.8 Å². The fourth-order valence-electron chi connectivity index (χ4n) is 2.90. The van der Waals surface area contributed by atoms with Crippen molar-refractivity contribution in [1.82, 2.24) is 20.1 Å². The Morgan fingerprint density at radius 2 is 2.04 bits per heavy atom. The van der Waals surface area contributed by atoms with Crippen molar-refractivity contribution in [1.29, 1.82) is 0 Å². The van der Waals surface area contributed by atoms with Crippen molar-refractivity contribution in [3.63, 3.8) is 0 Å². The summed E-state index contributed by atoms with van der Waals surface area (Å²) in [6, 6.07) is 7.40. The highest BCUT2D eigenvalue weighted by atomic mass is 16.1. The lowest BCUT2D eigenvalue weighted by Crippen LogP contribution is -2.25. The molecule has 0 radical (unpaired) electrons. The van der Waals surface area contributed by atoms with E-state index in [1.165, 1.54) is 12.8 Å². The predicted octanol–water partition coefficient (Wildman–Crippen LogP) is 1.44.